The number of carbonyl (C=O) groups excluding carboxylic acids is 1. The van der Waals surface area contributed by atoms with Gasteiger partial charge in [0.25, 0.3) is 0 Å². The fourth-order valence-electron chi connectivity index (χ4n) is 4.92. The molecule has 21 heavy (non-hydrogen) atoms. The highest BCUT2D eigenvalue weighted by atomic mass is 16.1. The standard InChI is InChI=1S/C18H18N2O/c21-18-12-7-5-11(6-8-12)16(18)17-14-4-2-1-3-13(14)15-9-19-10-20(15)17/h1-4,9-12,16-17H,5-8H2/t11?,12?,16-,17-/m1/s1. The summed E-state index contributed by atoms with van der Waals surface area (Å²) < 4.78 is 2.24. The van der Waals surface area contributed by atoms with Gasteiger partial charge in [0, 0.05) is 17.4 Å². The Morgan fingerprint density at radius 3 is 2.71 bits per heavy atom. The molecule has 0 N–H and O–H groups in total. The molecule has 3 nitrogen and oxygen atoms in total. The number of hydrogen-bond donors (Lipinski definition) is 0. The minimum absolute atomic E-state index is 0.161. The van der Waals surface area contributed by atoms with Crippen molar-refractivity contribution in [3.8, 4) is 11.3 Å². The van der Waals surface area contributed by atoms with Gasteiger partial charge in [-0.3, -0.25) is 4.79 Å². The molecule has 0 radical (unpaired) electrons. The summed E-state index contributed by atoms with van der Waals surface area (Å²) >= 11 is 0. The molecular formula is C18H18N2O. The Hall–Kier alpha value is -1.90. The molecule has 3 saturated carbocycles. The van der Waals surface area contributed by atoms with Gasteiger partial charge in [-0.05, 0) is 37.2 Å². The summed E-state index contributed by atoms with van der Waals surface area (Å²) in [6, 6.07) is 8.71. The van der Waals surface area contributed by atoms with E-state index in [0.717, 1.165) is 12.8 Å². The number of benzene rings is 1. The van der Waals surface area contributed by atoms with E-state index >= 15 is 0 Å². The average Bonchev–Trinajstić information content (AvgIpc) is 3.10. The lowest BCUT2D eigenvalue weighted by atomic mass is 9.61. The molecule has 4 aliphatic rings. The Morgan fingerprint density at radius 2 is 1.90 bits per heavy atom. The molecule has 3 fully saturated rings. The summed E-state index contributed by atoms with van der Waals surface area (Å²) in [5.74, 6) is 1.56. The minimum Gasteiger partial charge on any atom is -0.322 e. The Bertz CT molecular complexity index is 724. The van der Waals surface area contributed by atoms with Crippen molar-refractivity contribution in [2.24, 2.45) is 17.8 Å². The van der Waals surface area contributed by atoms with Crippen molar-refractivity contribution in [1.82, 2.24) is 9.55 Å². The summed E-state index contributed by atoms with van der Waals surface area (Å²) in [6.45, 7) is 0. The topological polar surface area (TPSA) is 34.9 Å². The quantitative estimate of drug-likeness (QED) is 0.800. The van der Waals surface area contributed by atoms with Crippen LogP contribution in [0.25, 0.3) is 11.3 Å². The summed E-state index contributed by atoms with van der Waals surface area (Å²) in [5, 5.41) is 0. The molecule has 3 heteroatoms. The average molecular weight is 278 g/mol. The largest absolute Gasteiger partial charge is 0.322 e. The van der Waals surface area contributed by atoms with Crippen molar-refractivity contribution in [3.63, 3.8) is 0 Å². The maximum absolute atomic E-state index is 12.9. The first-order chi connectivity index (χ1) is 10.3. The third kappa shape index (κ3) is 1.44. The number of imidazole rings is 1. The Kier molecular flexibility index (Phi) is 2.27. The Balaban J connectivity index is 1.68. The zero-order valence-corrected chi connectivity index (χ0v) is 11.9. The molecule has 0 spiro atoms. The van der Waals surface area contributed by atoms with Crippen molar-refractivity contribution in [2.45, 2.75) is 31.7 Å². The monoisotopic (exact) mass is 278 g/mol. The van der Waals surface area contributed by atoms with Gasteiger partial charge in [-0.25, -0.2) is 4.98 Å². The molecule has 0 amide bonds. The van der Waals surface area contributed by atoms with Crippen LogP contribution in [0.5, 0.6) is 0 Å². The summed E-state index contributed by atoms with van der Waals surface area (Å²) in [6.07, 6.45) is 8.53. The lowest BCUT2D eigenvalue weighted by Crippen LogP contribution is -2.44. The highest BCUT2D eigenvalue weighted by molar-refractivity contribution is 5.87. The van der Waals surface area contributed by atoms with Crippen LogP contribution in [0, 0.1) is 17.8 Å². The number of aromatic nitrogens is 2. The molecular weight excluding hydrogens is 260 g/mol. The Morgan fingerprint density at radius 1 is 1.10 bits per heavy atom. The zero-order chi connectivity index (χ0) is 14.0. The fraction of sp³-hybridized carbons (Fsp3) is 0.444. The number of ketones is 1. The van der Waals surface area contributed by atoms with Crippen LogP contribution in [-0.4, -0.2) is 15.3 Å². The predicted octanol–water partition coefficient (Wildman–Crippen LogP) is 3.46. The highest BCUT2D eigenvalue weighted by Gasteiger charge is 2.49. The molecule has 2 bridgehead atoms. The van der Waals surface area contributed by atoms with E-state index in [9.17, 15) is 4.79 Å². The van der Waals surface area contributed by atoms with Crippen molar-refractivity contribution in [1.29, 1.82) is 0 Å². The molecule has 2 heterocycles. The van der Waals surface area contributed by atoms with Crippen molar-refractivity contribution < 1.29 is 4.79 Å². The predicted molar refractivity (Wildman–Crippen MR) is 79.7 cm³/mol. The van der Waals surface area contributed by atoms with E-state index in [-0.39, 0.29) is 12.0 Å². The molecule has 1 aromatic carbocycles. The molecule has 6 rings (SSSR count). The van der Waals surface area contributed by atoms with Crippen LogP contribution in [0.2, 0.25) is 0 Å². The summed E-state index contributed by atoms with van der Waals surface area (Å²) in [4.78, 5) is 17.2. The van der Waals surface area contributed by atoms with E-state index in [1.54, 1.807) is 0 Å². The number of hydrogen-bond acceptors (Lipinski definition) is 2. The normalized spacial score (nSPS) is 33.0. The van der Waals surface area contributed by atoms with E-state index in [0.29, 0.717) is 17.6 Å². The van der Waals surface area contributed by atoms with Crippen LogP contribution in [0.1, 0.15) is 37.3 Å². The Labute approximate surface area is 124 Å². The third-order valence-corrected chi connectivity index (χ3v) is 5.87. The van der Waals surface area contributed by atoms with Crippen LogP contribution in [0.4, 0.5) is 0 Å². The van der Waals surface area contributed by atoms with Crippen LogP contribution < -0.4 is 0 Å². The van der Waals surface area contributed by atoms with Gasteiger partial charge >= 0.3 is 0 Å². The molecule has 106 valence electrons. The first-order valence-corrected chi connectivity index (χ1v) is 7.99. The maximum atomic E-state index is 12.9. The first-order valence-electron chi connectivity index (χ1n) is 7.99. The highest BCUT2D eigenvalue weighted by Crippen LogP contribution is 2.52. The van der Waals surface area contributed by atoms with Crippen LogP contribution >= 0.6 is 0 Å². The second-order valence-corrected chi connectivity index (χ2v) is 6.76. The second kappa shape index (κ2) is 4.06. The van der Waals surface area contributed by atoms with E-state index in [4.69, 9.17) is 0 Å². The van der Waals surface area contributed by atoms with Crippen LogP contribution in [0.15, 0.2) is 36.8 Å². The van der Waals surface area contributed by atoms with Crippen LogP contribution in [0.3, 0.4) is 0 Å². The first kappa shape index (κ1) is 11.7. The van der Waals surface area contributed by atoms with Crippen molar-refractivity contribution in [2.75, 3.05) is 0 Å². The fourth-order valence-corrected chi connectivity index (χ4v) is 4.92. The minimum atomic E-state index is 0.161. The van der Waals surface area contributed by atoms with Crippen LogP contribution in [-0.2, 0) is 4.79 Å². The van der Waals surface area contributed by atoms with Gasteiger partial charge in [-0.1, -0.05) is 24.3 Å². The second-order valence-electron chi connectivity index (χ2n) is 6.76. The van der Waals surface area contributed by atoms with Gasteiger partial charge in [0.1, 0.15) is 5.78 Å². The lowest BCUT2D eigenvalue weighted by Gasteiger charge is -2.44. The molecule has 3 aliphatic carbocycles. The zero-order valence-electron chi connectivity index (χ0n) is 11.9. The number of rotatable bonds is 1. The van der Waals surface area contributed by atoms with Crippen molar-refractivity contribution >= 4 is 5.78 Å². The number of Topliss-reactive ketones (excluding diaryl/α,β-unsaturated/α-hetero) is 1. The number of carbonyl (C=O) groups is 1. The lowest BCUT2D eigenvalue weighted by molar-refractivity contribution is -0.137. The van der Waals surface area contributed by atoms with E-state index in [1.165, 1.54) is 29.7 Å². The molecule has 0 saturated heterocycles. The smallest absolute Gasteiger partial charge is 0.141 e. The van der Waals surface area contributed by atoms with Gasteiger partial charge < -0.3 is 4.57 Å². The van der Waals surface area contributed by atoms with E-state index in [1.807, 2.05) is 12.5 Å². The van der Waals surface area contributed by atoms with E-state index in [2.05, 4.69) is 33.8 Å². The SMILES string of the molecule is O=C1C2CCC(CC2)[C@@H]1[C@H]1c2ccccc2-c2cncn21. The van der Waals surface area contributed by atoms with Gasteiger partial charge in [0.15, 0.2) is 0 Å². The van der Waals surface area contributed by atoms with Gasteiger partial charge in [0.05, 0.1) is 24.3 Å². The molecule has 1 aliphatic heterocycles. The van der Waals surface area contributed by atoms with Gasteiger partial charge in [-0.15, -0.1) is 0 Å². The van der Waals surface area contributed by atoms with E-state index < -0.39 is 0 Å². The maximum Gasteiger partial charge on any atom is 0.141 e. The van der Waals surface area contributed by atoms with Crippen molar-refractivity contribution in [3.05, 3.63) is 42.4 Å². The summed E-state index contributed by atoms with van der Waals surface area (Å²) in [5.41, 5.74) is 3.75. The number of fused-ring (bicyclic) bond motifs is 6. The van der Waals surface area contributed by atoms with Gasteiger partial charge in [-0.2, -0.15) is 0 Å². The third-order valence-electron chi connectivity index (χ3n) is 5.87. The number of nitrogens with zero attached hydrogens (tertiary/aromatic N) is 2. The molecule has 0 unspecified atom stereocenters. The molecule has 2 aromatic rings. The van der Waals surface area contributed by atoms with Gasteiger partial charge in [0.2, 0.25) is 0 Å². The molecule has 1 aromatic heterocycles. The molecule has 2 atom stereocenters. The summed E-state index contributed by atoms with van der Waals surface area (Å²) in [7, 11) is 0.